The minimum Gasteiger partial charge on any atom is -0.395 e. The van der Waals surface area contributed by atoms with E-state index in [0.717, 1.165) is 10.8 Å². The number of aryl methyl sites for hydroxylation is 2. The zero-order valence-corrected chi connectivity index (χ0v) is 7.53. The number of nitrogens with zero attached hydrogens (tertiary/aromatic N) is 1. The van der Waals surface area contributed by atoms with Gasteiger partial charge in [0, 0.05) is 11.4 Å². The second-order valence-corrected chi connectivity index (χ2v) is 3.51. The molecule has 0 aromatic carbocycles. The molecule has 0 aliphatic rings. The van der Waals surface area contributed by atoms with Crippen molar-refractivity contribution >= 4 is 16.5 Å². The van der Waals surface area contributed by atoms with Gasteiger partial charge in [-0.15, -0.1) is 11.3 Å². The number of aromatic nitrogens is 1. The van der Waals surface area contributed by atoms with E-state index in [1.807, 2.05) is 13.8 Å². The predicted octanol–water partition coefficient (Wildman–Crippen LogP) is 1.16. The van der Waals surface area contributed by atoms with Gasteiger partial charge in [-0.25, -0.2) is 4.98 Å². The van der Waals surface area contributed by atoms with Crippen LogP contribution in [0.5, 0.6) is 0 Å². The molecular formula is C7H12N2OS. The van der Waals surface area contributed by atoms with Crippen molar-refractivity contribution < 1.29 is 5.11 Å². The smallest absolute Gasteiger partial charge is 0.183 e. The molecule has 1 aromatic heterocycles. The van der Waals surface area contributed by atoms with Crippen LogP contribution in [-0.2, 0) is 0 Å². The molecule has 0 saturated heterocycles. The highest BCUT2D eigenvalue weighted by Crippen LogP contribution is 2.20. The highest BCUT2D eigenvalue weighted by atomic mass is 32.1. The number of anilines is 1. The van der Waals surface area contributed by atoms with E-state index in [4.69, 9.17) is 5.11 Å². The van der Waals surface area contributed by atoms with Crippen molar-refractivity contribution in [2.24, 2.45) is 0 Å². The first-order valence-electron chi connectivity index (χ1n) is 3.53. The van der Waals surface area contributed by atoms with Gasteiger partial charge >= 0.3 is 0 Å². The first-order valence-corrected chi connectivity index (χ1v) is 4.34. The zero-order chi connectivity index (χ0) is 8.27. The molecule has 62 valence electrons. The fourth-order valence-corrected chi connectivity index (χ4v) is 1.55. The predicted molar refractivity (Wildman–Crippen MR) is 47.2 cm³/mol. The van der Waals surface area contributed by atoms with E-state index in [2.05, 4.69) is 10.3 Å². The largest absolute Gasteiger partial charge is 0.395 e. The van der Waals surface area contributed by atoms with E-state index in [1.54, 1.807) is 11.3 Å². The molecule has 1 rings (SSSR count). The molecule has 0 aliphatic heterocycles. The molecule has 0 bridgehead atoms. The lowest BCUT2D eigenvalue weighted by Gasteiger charge is -1.95. The highest BCUT2D eigenvalue weighted by molar-refractivity contribution is 7.15. The van der Waals surface area contributed by atoms with E-state index in [-0.39, 0.29) is 6.61 Å². The molecule has 0 atom stereocenters. The molecule has 0 unspecified atom stereocenters. The summed E-state index contributed by atoms with van der Waals surface area (Å²) in [5.74, 6) is 0. The Morgan fingerprint density at radius 2 is 2.27 bits per heavy atom. The summed E-state index contributed by atoms with van der Waals surface area (Å²) in [6.45, 7) is 4.75. The van der Waals surface area contributed by atoms with Crippen molar-refractivity contribution in [2.75, 3.05) is 18.5 Å². The average Bonchev–Trinajstić information content (AvgIpc) is 2.28. The average molecular weight is 172 g/mol. The van der Waals surface area contributed by atoms with Gasteiger partial charge in [0.25, 0.3) is 0 Å². The molecule has 2 N–H and O–H groups in total. The SMILES string of the molecule is Cc1nc(NCCO)sc1C. The second-order valence-electron chi connectivity index (χ2n) is 2.31. The molecule has 1 aromatic rings. The van der Waals surface area contributed by atoms with Crippen LogP contribution in [-0.4, -0.2) is 23.2 Å². The summed E-state index contributed by atoms with van der Waals surface area (Å²) in [6, 6.07) is 0. The van der Waals surface area contributed by atoms with Crippen LogP contribution in [0.25, 0.3) is 0 Å². The molecule has 0 radical (unpaired) electrons. The number of aliphatic hydroxyl groups excluding tert-OH is 1. The van der Waals surface area contributed by atoms with Gasteiger partial charge in [-0.3, -0.25) is 0 Å². The Hall–Kier alpha value is -0.610. The van der Waals surface area contributed by atoms with Crippen LogP contribution in [0.15, 0.2) is 0 Å². The maximum atomic E-state index is 8.52. The van der Waals surface area contributed by atoms with Crippen LogP contribution >= 0.6 is 11.3 Å². The minimum absolute atomic E-state index is 0.150. The molecule has 0 aliphatic carbocycles. The summed E-state index contributed by atoms with van der Waals surface area (Å²) in [5, 5.41) is 12.4. The van der Waals surface area contributed by atoms with Gasteiger partial charge in [0.1, 0.15) is 0 Å². The summed E-state index contributed by atoms with van der Waals surface area (Å²) in [5.41, 5.74) is 1.07. The Balaban J connectivity index is 2.58. The lowest BCUT2D eigenvalue weighted by Crippen LogP contribution is -2.04. The van der Waals surface area contributed by atoms with E-state index in [1.165, 1.54) is 4.88 Å². The monoisotopic (exact) mass is 172 g/mol. The van der Waals surface area contributed by atoms with Crippen molar-refractivity contribution in [2.45, 2.75) is 13.8 Å². The highest BCUT2D eigenvalue weighted by Gasteiger charge is 2.00. The molecule has 0 fully saturated rings. The van der Waals surface area contributed by atoms with Crippen LogP contribution in [0, 0.1) is 13.8 Å². The summed E-state index contributed by atoms with van der Waals surface area (Å²) in [6.07, 6.45) is 0. The Kier molecular flexibility index (Phi) is 2.84. The second kappa shape index (κ2) is 3.69. The van der Waals surface area contributed by atoms with Crippen molar-refractivity contribution in [3.8, 4) is 0 Å². The third kappa shape index (κ3) is 2.17. The van der Waals surface area contributed by atoms with Crippen LogP contribution < -0.4 is 5.32 Å². The molecule has 0 amide bonds. The lowest BCUT2D eigenvalue weighted by molar-refractivity contribution is 0.311. The van der Waals surface area contributed by atoms with Gasteiger partial charge in [0.15, 0.2) is 5.13 Å². The van der Waals surface area contributed by atoms with Gasteiger partial charge in [-0.1, -0.05) is 0 Å². The van der Waals surface area contributed by atoms with Crippen molar-refractivity contribution in [3.63, 3.8) is 0 Å². The zero-order valence-electron chi connectivity index (χ0n) is 6.72. The molecule has 3 nitrogen and oxygen atoms in total. The minimum atomic E-state index is 0.150. The maximum Gasteiger partial charge on any atom is 0.183 e. The van der Waals surface area contributed by atoms with Gasteiger partial charge in [0.05, 0.1) is 12.3 Å². The van der Waals surface area contributed by atoms with Crippen molar-refractivity contribution in [1.82, 2.24) is 4.98 Å². The third-order valence-corrected chi connectivity index (χ3v) is 2.45. The van der Waals surface area contributed by atoms with Crippen LogP contribution in [0.4, 0.5) is 5.13 Å². The van der Waals surface area contributed by atoms with E-state index in [0.29, 0.717) is 6.54 Å². The number of nitrogens with one attached hydrogen (secondary N) is 1. The first kappa shape index (κ1) is 8.49. The Bertz CT molecular complexity index is 215. The molecular weight excluding hydrogens is 160 g/mol. The van der Waals surface area contributed by atoms with Gasteiger partial charge < -0.3 is 10.4 Å². The standard InChI is InChI=1S/C7H12N2OS/c1-5-6(2)11-7(9-5)8-3-4-10/h10H,3-4H2,1-2H3,(H,8,9). The number of hydrogen-bond acceptors (Lipinski definition) is 4. The molecule has 4 heteroatoms. The fourth-order valence-electron chi connectivity index (χ4n) is 0.711. The molecule has 1 heterocycles. The number of hydrogen-bond donors (Lipinski definition) is 2. The molecule has 0 spiro atoms. The number of rotatable bonds is 3. The normalized spacial score (nSPS) is 10.1. The third-order valence-electron chi connectivity index (χ3n) is 1.42. The van der Waals surface area contributed by atoms with Crippen LogP contribution in [0.3, 0.4) is 0 Å². The van der Waals surface area contributed by atoms with Gasteiger partial charge in [0.2, 0.25) is 0 Å². The summed E-state index contributed by atoms with van der Waals surface area (Å²) in [4.78, 5) is 5.47. The van der Waals surface area contributed by atoms with Crippen molar-refractivity contribution in [3.05, 3.63) is 10.6 Å². The lowest BCUT2D eigenvalue weighted by atomic mass is 10.4. The van der Waals surface area contributed by atoms with Crippen molar-refractivity contribution in [1.29, 1.82) is 0 Å². The summed E-state index contributed by atoms with van der Waals surface area (Å²) in [7, 11) is 0. The Morgan fingerprint density at radius 1 is 1.55 bits per heavy atom. The van der Waals surface area contributed by atoms with E-state index in [9.17, 15) is 0 Å². The van der Waals surface area contributed by atoms with Crippen LogP contribution in [0.1, 0.15) is 10.6 Å². The molecule has 11 heavy (non-hydrogen) atoms. The Morgan fingerprint density at radius 3 is 2.73 bits per heavy atom. The van der Waals surface area contributed by atoms with Crippen LogP contribution in [0.2, 0.25) is 0 Å². The summed E-state index contributed by atoms with van der Waals surface area (Å²) >= 11 is 1.62. The fraction of sp³-hybridized carbons (Fsp3) is 0.571. The number of thiazole rings is 1. The Labute approximate surface area is 70.1 Å². The summed E-state index contributed by atoms with van der Waals surface area (Å²) < 4.78 is 0. The molecule has 0 saturated carbocycles. The quantitative estimate of drug-likeness (QED) is 0.719. The van der Waals surface area contributed by atoms with E-state index >= 15 is 0 Å². The van der Waals surface area contributed by atoms with Gasteiger partial charge in [-0.05, 0) is 13.8 Å². The number of aliphatic hydroxyl groups is 1. The first-order chi connectivity index (χ1) is 5.24. The topological polar surface area (TPSA) is 45.2 Å². The van der Waals surface area contributed by atoms with Gasteiger partial charge in [-0.2, -0.15) is 0 Å². The maximum absolute atomic E-state index is 8.52. The van der Waals surface area contributed by atoms with E-state index < -0.39 is 0 Å².